The molecular formula is C26H19ClF4N8O3. The van der Waals surface area contributed by atoms with E-state index in [1.165, 1.54) is 31.5 Å². The van der Waals surface area contributed by atoms with E-state index in [0.29, 0.717) is 12.2 Å². The number of carboxylic acids is 1. The summed E-state index contributed by atoms with van der Waals surface area (Å²) < 4.78 is 61.9. The standard InChI is InChI=1S/C26H19ClF4N8O3/c1-14-16(11-33-23(21(14)24(40)41)42-9-8-38-7-5-32-13-38)17-12-34-25(35-15-2-3-19(28)18(27)10-15)36-22(17)39-6-4-20(37-39)26(29,30)31/h2-7,10-13H,8-9H2,1H3,(H,40,41)(H,34,35,36). The zero-order chi connectivity index (χ0) is 30.0. The number of benzene rings is 1. The van der Waals surface area contributed by atoms with Crippen LogP contribution in [0.4, 0.5) is 29.2 Å². The van der Waals surface area contributed by atoms with Crippen LogP contribution in [-0.2, 0) is 12.7 Å². The minimum absolute atomic E-state index is 0.0796. The summed E-state index contributed by atoms with van der Waals surface area (Å²) in [6.45, 7) is 1.98. The molecule has 5 rings (SSSR count). The van der Waals surface area contributed by atoms with Crippen molar-refractivity contribution in [3.63, 3.8) is 0 Å². The smallest absolute Gasteiger partial charge is 0.435 e. The zero-order valence-electron chi connectivity index (χ0n) is 21.5. The first-order chi connectivity index (χ1) is 20.0. The van der Waals surface area contributed by atoms with Gasteiger partial charge in [-0.1, -0.05) is 11.6 Å². The van der Waals surface area contributed by atoms with E-state index < -0.39 is 23.7 Å². The molecule has 0 atom stereocenters. The average molecular weight is 603 g/mol. The molecule has 216 valence electrons. The van der Waals surface area contributed by atoms with Gasteiger partial charge in [0.25, 0.3) is 0 Å². The molecule has 0 spiro atoms. The Morgan fingerprint density at radius 2 is 1.93 bits per heavy atom. The number of nitrogens with zero attached hydrogens (tertiary/aromatic N) is 7. The lowest BCUT2D eigenvalue weighted by atomic mass is 10.00. The third-order valence-corrected chi connectivity index (χ3v) is 6.29. The van der Waals surface area contributed by atoms with E-state index in [1.54, 1.807) is 23.3 Å². The Bertz CT molecular complexity index is 1760. The van der Waals surface area contributed by atoms with E-state index in [4.69, 9.17) is 16.3 Å². The van der Waals surface area contributed by atoms with Crippen molar-refractivity contribution in [3.05, 3.63) is 89.2 Å². The molecule has 0 bridgehead atoms. The first kappa shape index (κ1) is 28.5. The average Bonchev–Trinajstić information content (AvgIpc) is 3.64. The summed E-state index contributed by atoms with van der Waals surface area (Å²) in [4.78, 5) is 28.9. The van der Waals surface area contributed by atoms with Crippen molar-refractivity contribution >= 4 is 29.2 Å². The highest BCUT2D eigenvalue weighted by Crippen LogP contribution is 2.34. The summed E-state index contributed by atoms with van der Waals surface area (Å²) in [5.74, 6) is -2.32. The van der Waals surface area contributed by atoms with Crippen LogP contribution in [0.1, 0.15) is 21.6 Å². The molecular weight excluding hydrogens is 584 g/mol. The van der Waals surface area contributed by atoms with Gasteiger partial charge in [0, 0.05) is 47.8 Å². The molecule has 4 heterocycles. The van der Waals surface area contributed by atoms with Crippen LogP contribution < -0.4 is 10.1 Å². The number of pyridine rings is 1. The number of hydrogen-bond acceptors (Lipinski definition) is 8. The fourth-order valence-electron chi connectivity index (χ4n) is 3.97. The van der Waals surface area contributed by atoms with E-state index in [1.807, 2.05) is 0 Å². The largest absolute Gasteiger partial charge is 0.477 e. The molecule has 0 aliphatic heterocycles. The summed E-state index contributed by atoms with van der Waals surface area (Å²) in [7, 11) is 0. The van der Waals surface area contributed by atoms with Gasteiger partial charge in [0.1, 0.15) is 18.0 Å². The van der Waals surface area contributed by atoms with Crippen LogP contribution >= 0.6 is 11.6 Å². The molecule has 16 heteroatoms. The molecule has 0 aliphatic carbocycles. The van der Waals surface area contributed by atoms with Crippen LogP contribution in [0, 0.1) is 12.7 Å². The number of rotatable bonds is 9. The third-order valence-electron chi connectivity index (χ3n) is 6.00. The summed E-state index contributed by atoms with van der Waals surface area (Å²) >= 11 is 5.84. The number of alkyl halides is 3. The highest BCUT2D eigenvalue weighted by atomic mass is 35.5. The SMILES string of the molecule is Cc1c(-c2cnc(Nc3ccc(F)c(Cl)c3)nc2-n2ccc(C(F)(F)F)n2)cnc(OCCn2ccnc2)c1C(=O)O. The quantitative estimate of drug-likeness (QED) is 0.208. The van der Waals surface area contributed by atoms with Crippen molar-refractivity contribution in [1.82, 2.24) is 34.3 Å². The number of hydrogen-bond donors (Lipinski definition) is 2. The number of aromatic carboxylic acids is 1. The van der Waals surface area contributed by atoms with Gasteiger partial charge in [0.15, 0.2) is 11.5 Å². The molecule has 4 aromatic heterocycles. The molecule has 0 amide bonds. The molecule has 0 aliphatic rings. The summed E-state index contributed by atoms with van der Waals surface area (Å²) in [5, 5.41) is 16.2. The van der Waals surface area contributed by atoms with E-state index in [-0.39, 0.29) is 51.5 Å². The van der Waals surface area contributed by atoms with Crippen molar-refractivity contribution in [2.45, 2.75) is 19.6 Å². The van der Waals surface area contributed by atoms with Gasteiger partial charge in [-0.15, -0.1) is 0 Å². The fraction of sp³-hybridized carbons (Fsp3) is 0.154. The number of carboxylic acid groups (broad SMARTS) is 1. The number of anilines is 2. The summed E-state index contributed by atoms with van der Waals surface area (Å²) in [6, 6.07) is 4.53. The van der Waals surface area contributed by atoms with Gasteiger partial charge in [-0.05, 0) is 36.8 Å². The van der Waals surface area contributed by atoms with Gasteiger partial charge in [-0.25, -0.2) is 28.8 Å². The lowest BCUT2D eigenvalue weighted by molar-refractivity contribution is -0.141. The zero-order valence-corrected chi connectivity index (χ0v) is 22.2. The number of imidazole rings is 1. The van der Waals surface area contributed by atoms with Crippen LogP contribution in [0.3, 0.4) is 0 Å². The van der Waals surface area contributed by atoms with Crippen LogP contribution in [0.2, 0.25) is 5.02 Å². The van der Waals surface area contributed by atoms with Gasteiger partial charge in [0.2, 0.25) is 11.8 Å². The van der Waals surface area contributed by atoms with Crippen molar-refractivity contribution in [2.24, 2.45) is 0 Å². The maximum absolute atomic E-state index is 13.6. The molecule has 0 saturated carbocycles. The van der Waals surface area contributed by atoms with Crippen LogP contribution in [0.25, 0.3) is 16.9 Å². The summed E-state index contributed by atoms with van der Waals surface area (Å²) in [6.07, 6.45) is 3.81. The van der Waals surface area contributed by atoms with Crippen LogP contribution in [0.15, 0.2) is 61.6 Å². The number of halogens is 5. The molecule has 0 unspecified atom stereocenters. The number of aromatic nitrogens is 7. The van der Waals surface area contributed by atoms with Crippen LogP contribution in [0.5, 0.6) is 5.88 Å². The topological polar surface area (TPSA) is 133 Å². The van der Waals surface area contributed by atoms with Crippen molar-refractivity contribution < 1.29 is 32.2 Å². The minimum Gasteiger partial charge on any atom is -0.477 e. The van der Waals surface area contributed by atoms with Gasteiger partial charge >= 0.3 is 12.1 Å². The maximum Gasteiger partial charge on any atom is 0.435 e. The second-order valence-corrected chi connectivity index (χ2v) is 9.17. The van der Waals surface area contributed by atoms with Gasteiger partial charge in [0.05, 0.1) is 17.9 Å². The van der Waals surface area contributed by atoms with Crippen molar-refractivity contribution in [3.8, 4) is 22.8 Å². The summed E-state index contributed by atoms with van der Waals surface area (Å²) in [5.41, 5.74) is -0.566. The fourth-order valence-corrected chi connectivity index (χ4v) is 4.15. The van der Waals surface area contributed by atoms with E-state index in [2.05, 4.69) is 30.4 Å². The highest BCUT2D eigenvalue weighted by Gasteiger charge is 2.34. The van der Waals surface area contributed by atoms with Crippen LogP contribution in [-0.4, -0.2) is 52.0 Å². The Morgan fingerprint density at radius 3 is 2.60 bits per heavy atom. The second kappa shape index (κ2) is 11.4. The van der Waals surface area contributed by atoms with Gasteiger partial charge in [-0.2, -0.15) is 23.3 Å². The molecule has 0 saturated heterocycles. The van der Waals surface area contributed by atoms with E-state index in [9.17, 15) is 27.5 Å². The number of ether oxygens (including phenoxy) is 1. The molecule has 0 radical (unpaired) electrons. The molecule has 0 fully saturated rings. The maximum atomic E-state index is 13.6. The third kappa shape index (κ3) is 6.00. The van der Waals surface area contributed by atoms with Crippen molar-refractivity contribution in [1.29, 1.82) is 0 Å². The van der Waals surface area contributed by atoms with E-state index in [0.717, 1.165) is 23.0 Å². The molecule has 11 nitrogen and oxygen atoms in total. The Labute approximate surface area is 239 Å². The Hall–Kier alpha value is -5.05. The normalized spacial score (nSPS) is 11.5. The molecule has 5 aromatic rings. The number of carbonyl (C=O) groups is 1. The predicted octanol–water partition coefficient (Wildman–Crippen LogP) is 5.56. The lowest BCUT2D eigenvalue weighted by Gasteiger charge is -2.16. The number of nitrogens with one attached hydrogen (secondary N) is 1. The van der Waals surface area contributed by atoms with Gasteiger partial charge in [-0.3, -0.25) is 0 Å². The molecule has 1 aromatic carbocycles. The van der Waals surface area contributed by atoms with E-state index >= 15 is 0 Å². The first-order valence-corrected chi connectivity index (χ1v) is 12.4. The minimum atomic E-state index is -4.73. The van der Waals surface area contributed by atoms with Gasteiger partial charge < -0.3 is 19.7 Å². The van der Waals surface area contributed by atoms with Crippen molar-refractivity contribution in [2.75, 3.05) is 11.9 Å². The Morgan fingerprint density at radius 1 is 1.14 bits per heavy atom. The highest BCUT2D eigenvalue weighted by molar-refractivity contribution is 6.31. The molecule has 42 heavy (non-hydrogen) atoms. The Kier molecular flexibility index (Phi) is 7.76. The monoisotopic (exact) mass is 602 g/mol. The predicted molar refractivity (Wildman–Crippen MR) is 141 cm³/mol. The lowest BCUT2D eigenvalue weighted by Crippen LogP contribution is -2.13. The Balaban J connectivity index is 1.56. The first-order valence-electron chi connectivity index (χ1n) is 12.1. The molecule has 2 N–H and O–H groups in total. The second-order valence-electron chi connectivity index (χ2n) is 8.76.